The predicted octanol–water partition coefficient (Wildman–Crippen LogP) is 1.21. The molecule has 3 rings (SSSR count). The number of hydrogen-bond donors (Lipinski definition) is 2. The van der Waals surface area contributed by atoms with Crippen LogP contribution in [0.25, 0.3) is 10.9 Å². The quantitative estimate of drug-likeness (QED) is 0.872. The van der Waals surface area contributed by atoms with E-state index in [1.165, 1.54) is 17.0 Å². The number of rotatable bonds is 2. The van der Waals surface area contributed by atoms with Gasteiger partial charge in [-0.15, -0.1) is 0 Å². The van der Waals surface area contributed by atoms with E-state index in [0.717, 1.165) is 12.1 Å². The minimum absolute atomic E-state index is 0.115. The van der Waals surface area contributed by atoms with E-state index in [2.05, 4.69) is 4.98 Å². The van der Waals surface area contributed by atoms with Gasteiger partial charge in [-0.2, -0.15) is 0 Å². The van der Waals surface area contributed by atoms with Crippen LogP contribution in [0.3, 0.4) is 0 Å². The van der Waals surface area contributed by atoms with Gasteiger partial charge in [-0.25, -0.2) is 4.39 Å². The van der Waals surface area contributed by atoms with Crippen molar-refractivity contribution in [1.82, 2.24) is 9.88 Å². The van der Waals surface area contributed by atoms with E-state index in [9.17, 15) is 18.8 Å². The van der Waals surface area contributed by atoms with Crippen LogP contribution in [0.15, 0.2) is 29.1 Å². The second-order valence-electron chi connectivity index (χ2n) is 5.31. The maximum absolute atomic E-state index is 13.3. The number of carboxylic acid groups (broad SMARTS) is 1. The third-order valence-electron chi connectivity index (χ3n) is 3.86. The summed E-state index contributed by atoms with van der Waals surface area (Å²) < 4.78 is 13.3. The predicted molar refractivity (Wildman–Crippen MR) is 76.2 cm³/mol. The number of likely N-dealkylation sites (tertiary alicyclic amines) is 1. The van der Waals surface area contributed by atoms with Gasteiger partial charge in [0, 0.05) is 24.5 Å². The third-order valence-corrected chi connectivity index (χ3v) is 3.86. The first-order valence-electron chi connectivity index (χ1n) is 6.80. The van der Waals surface area contributed by atoms with Crippen molar-refractivity contribution < 1.29 is 19.1 Å². The van der Waals surface area contributed by atoms with Crippen LogP contribution < -0.4 is 5.56 Å². The van der Waals surface area contributed by atoms with Crippen LogP contribution in [0, 0.1) is 11.7 Å². The molecule has 1 atom stereocenters. The zero-order chi connectivity index (χ0) is 15.9. The number of carbonyl (C=O) groups is 2. The first kappa shape index (κ1) is 14.2. The Morgan fingerprint density at radius 3 is 2.77 bits per heavy atom. The largest absolute Gasteiger partial charge is 0.481 e. The lowest BCUT2D eigenvalue weighted by atomic mass is 10.1. The van der Waals surface area contributed by atoms with Crippen LogP contribution >= 0.6 is 0 Å². The lowest BCUT2D eigenvalue weighted by Crippen LogP contribution is -2.31. The van der Waals surface area contributed by atoms with Gasteiger partial charge in [0.05, 0.1) is 17.0 Å². The summed E-state index contributed by atoms with van der Waals surface area (Å²) in [4.78, 5) is 39.1. The Kier molecular flexibility index (Phi) is 3.40. The molecule has 2 N–H and O–H groups in total. The highest BCUT2D eigenvalue weighted by atomic mass is 19.1. The zero-order valence-electron chi connectivity index (χ0n) is 11.5. The molecule has 1 saturated heterocycles. The number of amides is 1. The number of carbonyl (C=O) groups excluding carboxylic acids is 1. The molecule has 1 aliphatic rings. The number of H-pyrrole nitrogens is 1. The molecule has 114 valence electrons. The average molecular weight is 304 g/mol. The normalized spacial score (nSPS) is 17.9. The maximum Gasteiger partial charge on any atom is 0.308 e. The summed E-state index contributed by atoms with van der Waals surface area (Å²) in [5.41, 5.74) is -0.106. The van der Waals surface area contributed by atoms with Crippen LogP contribution in [0.5, 0.6) is 0 Å². The molecule has 0 radical (unpaired) electrons. The molecule has 0 bridgehead atoms. The molecule has 1 amide bonds. The van der Waals surface area contributed by atoms with E-state index >= 15 is 0 Å². The van der Waals surface area contributed by atoms with Crippen molar-refractivity contribution in [2.24, 2.45) is 5.92 Å². The number of pyridine rings is 1. The Morgan fingerprint density at radius 2 is 2.09 bits per heavy atom. The Labute approximate surface area is 124 Å². The molecule has 7 heteroatoms. The van der Waals surface area contributed by atoms with Gasteiger partial charge >= 0.3 is 5.97 Å². The Bertz CT molecular complexity index is 830. The van der Waals surface area contributed by atoms with E-state index in [-0.39, 0.29) is 17.6 Å². The third kappa shape index (κ3) is 2.45. The molecule has 2 heterocycles. The van der Waals surface area contributed by atoms with Crippen molar-refractivity contribution >= 4 is 22.8 Å². The molecule has 1 aliphatic heterocycles. The van der Waals surface area contributed by atoms with Crippen LogP contribution in [-0.4, -0.2) is 40.0 Å². The van der Waals surface area contributed by atoms with Gasteiger partial charge in [0.1, 0.15) is 5.82 Å². The fourth-order valence-electron chi connectivity index (χ4n) is 2.73. The van der Waals surface area contributed by atoms with Gasteiger partial charge in [0.2, 0.25) is 5.56 Å². The van der Waals surface area contributed by atoms with Gasteiger partial charge in [-0.1, -0.05) is 0 Å². The fourth-order valence-corrected chi connectivity index (χ4v) is 2.73. The van der Waals surface area contributed by atoms with Crippen molar-refractivity contribution in [1.29, 1.82) is 0 Å². The van der Waals surface area contributed by atoms with Gasteiger partial charge in [0.25, 0.3) is 5.91 Å². The van der Waals surface area contributed by atoms with Crippen LogP contribution in [0.4, 0.5) is 4.39 Å². The molecule has 0 aliphatic carbocycles. The second-order valence-corrected chi connectivity index (χ2v) is 5.31. The molecule has 1 fully saturated rings. The van der Waals surface area contributed by atoms with Crippen LogP contribution in [0.1, 0.15) is 16.8 Å². The lowest BCUT2D eigenvalue weighted by Gasteiger charge is -2.16. The second kappa shape index (κ2) is 5.25. The van der Waals surface area contributed by atoms with Gasteiger partial charge in [0.15, 0.2) is 0 Å². The van der Waals surface area contributed by atoms with Gasteiger partial charge in [-0.3, -0.25) is 14.4 Å². The molecule has 6 nitrogen and oxygen atoms in total. The van der Waals surface area contributed by atoms with Crippen LogP contribution in [0.2, 0.25) is 0 Å². The number of nitrogens with zero attached hydrogens (tertiary/aromatic N) is 1. The van der Waals surface area contributed by atoms with Crippen molar-refractivity contribution in [3.63, 3.8) is 0 Å². The molecule has 22 heavy (non-hydrogen) atoms. The monoisotopic (exact) mass is 304 g/mol. The van der Waals surface area contributed by atoms with E-state index < -0.39 is 29.2 Å². The summed E-state index contributed by atoms with van der Waals surface area (Å²) in [7, 11) is 0. The highest BCUT2D eigenvalue weighted by Gasteiger charge is 2.32. The number of aromatic amines is 1. The van der Waals surface area contributed by atoms with Crippen molar-refractivity contribution in [2.75, 3.05) is 13.1 Å². The zero-order valence-corrected chi connectivity index (χ0v) is 11.5. The molecular weight excluding hydrogens is 291 g/mol. The summed E-state index contributed by atoms with van der Waals surface area (Å²) in [6.07, 6.45) is 0.386. The molecule has 0 saturated carbocycles. The van der Waals surface area contributed by atoms with Crippen LogP contribution in [-0.2, 0) is 4.79 Å². The highest BCUT2D eigenvalue weighted by molar-refractivity contribution is 6.06. The number of benzene rings is 1. The molecular formula is C15H13FN2O4. The summed E-state index contributed by atoms with van der Waals surface area (Å²) in [5, 5.41) is 9.43. The molecule has 1 aromatic heterocycles. The first-order chi connectivity index (χ1) is 10.5. The van der Waals surface area contributed by atoms with Gasteiger partial charge < -0.3 is 15.0 Å². The Morgan fingerprint density at radius 1 is 1.32 bits per heavy atom. The maximum atomic E-state index is 13.3. The number of aliphatic carboxylic acids is 1. The average Bonchev–Trinajstić information content (AvgIpc) is 2.95. The van der Waals surface area contributed by atoms with E-state index in [1.807, 2.05) is 0 Å². The number of nitrogens with one attached hydrogen (secondary N) is 1. The molecule has 0 unspecified atom stereocenters. The number of aromatic nitrogens is 1. The smallest absolute Gasteiger partial charge is 0.308 e. The number of carboxylic acids is 1. The fraction of sp³-hybridized carbons (Fsp3) is 0.267. The summed E-state index contributed by atoms with van der Waals surface area (Å²) in [5.74, 6) is -2.45. The number of hydrogen-bond acceptors (Lipinski definition) is 3. The van der Waals surface area contributed by atoms with Crippen molar-refractivity contribution in [3.8, 4) is 0 Å². The van der Waals surface area contributed by atoms with E-state index in [0.29, 0.717) is 18.4 Å². The Hall–Kier alpha value is -2.70. The van der Waals surface area contributed by atoms with E-state index in [4.69, 9.17) is 5.11 Å². The summed E-state index contributed by atoms with van der Waals surface area (Å²) in [6, 6.07) is 4.95. The standard InChI is InChI=1S/C15H13FN2O4/c16-9-1-2-10-11(6-13(19)17-12(10)5-9)14(20)18-4-3-8(7-18)15(21)22/h1-2,5-6,8H,3-4,7H2,(H,17,19)(H,21,22)/t8-/m0/s1. The topological polar surface area (TPSA) is 90.5 Å². The molecule has 1 aromatic carbocycles. The highest BCUT2D eigenvalue weighted by Crippen LogP contribution is 2.22. The SMILES string of the molecule is O=C(O)[C@H]1CCN(C(=O)c2cc(=O)[nH]c3cc(F)ccc23)C1. The van der Waals surface area contributed by atoms with Gasteiger partial charge in [-0.05, 0) is 24.6 Å². The van der Waals surface area contributed by atoms with E-state index in [1.54, 1.807) is 0 Å². The first-order valence-corrected chi connectivity index (χ1v) is 6.80. The number of halogens is 1. The summed E-state index contributed by atoms with van der Waals surface area (Å²) >= 11 is 0. The number of fused-ring (bicyclic) bond motifs is 1. The van der Waals surface area contributed by atoms with Crippen molar-refractivity contribution in [3.05, 3.63) is 46.0 Å². The minimum atomic E-state index is -0.937. The Balaban J connectivity index is 2.01. The van der Waals surface area contributed by atoms with Crippen molar-refractivity contribution in [2.45, 2.75) is 6.42 Å². The minimum Gasteiger partial charge on any atom is -0.481 e. The lowest BCUT2D eigenvalue weighted by molar-refractivity contribution is -0.141. The molecule has 0 spiro atoms. The summed E-state index contributed by atoms with van der Waals surface area (Å²) in [6.45, 7) is 0.439. The molecule has 2 aromatic rings.